The number of rotatable bonds is 5. The quantitative estimate of drug-likeness (QED) is 0.772. The molecule has 3 nitrogen and oxygen atoms in total. The van der Waals surface area contributed by atoms with Gasteiger partial charge in [-0.2, -0.15) is 0 Å². The summed E-state index contributed by atoms with van der Waals surface area (Å²) in [6.07, 6.45) is 1.51. The monoisotopic (exact) mass is 207 g/mol. The first-order valence-corrected chi connectivity index (χ1v) is 5.17. The lowest BCUT2D eigenvalue weighted by Crippen LogP contribution is -2.38. The third-order valence-electron chi connectivity index (χ3n) is 2.66. The van der Waals surface area contributed by atoms with Crippen LogP contribution in [0.5, 0.6) is 0 Å². The largest absolute Gasteiger partial charge is 0.480 e. The number of carbonyl (C=O) groups is 1. The van der Waals surface area contributed by atoms with E-state index in [4.69, 9.17) is 10.8 Å². The fourth-order valence-electron chi connectivity index (χ4n) is 1.64. The number of nitrogens with two attached hydrogens (primary N) is 1. The molecule has 1 unspecified atom stereocenters. The Morgan fingerprint density at radius 1 is 1.40 bits per heavy atom. The molecule has 82 valence electrons. The van der Waals surface area contributed by atoms with Gasteiger partial charge in [-0.25, -0.2) is 0 Å². The highest BCUT2D eigenvalue weighted by Gasteiger charge is 2.22. The SMILES string of the molecule is CCC(Cc1ccccc1)[C@@H](N)C(=O)O. The summed E-state index contributed by atoms with van der Waals surface area (Å²) in [4.78, 5) is 10.8. The second-order valence-electron chi connectivity index (χ2n) is 3.72. The van der Waals surface area contributed by atoms with Crippen LogP contribution in [-0.4, -0.2) is 17.1 Å². The fraction of sp³-hybridized carbons (Fsp3) is 0.417. The summed E-state index contributed by atoms with van der Waals surface area (Å²) < 4.78 is 0. The molecule has 0 fully saturated rings. The summed E-state index contributed by atoms with van der Waals surface area (Å²) in [6, 6.07) is 9.08. The van der Waals surface area contributed by atoms with E-state index in [1.807, 2.05) is 37.3 Å². The zero-order chi connectivity index (χ0) is 11.3. The molecule has 0 heterocycles. The summed E-state index contributed by atoms with van der Waals surface area (Å²) >= 11 is 0. The number of aliphatic carboxylic acids is 1. The molecule has 0 spiro atoms. The Labute approximate surface area is 89.9 Å². The van der Waals surface area contributed by atoms with Crippen LogP contribution < -0.4 is 5.73 Å². The first-order chi connectivity index (χ1) is 7.15. The van der Waals surface area contributed by atoms with Crippen LogP contribution in [0.25, 0.3) is 0 Å². The molecule has 2 atom stereocenters. The average molecular weight is 207 g/mol. The summed E-state index contributed by atoms with van der Waals surface area (Å²) in [7, 11) is 0. The minimum absolute atomic E-state index is 0.00454. The van der Waals surface area contributed by atoms with E-state index in [1.165, 1.54) is 0 Å². The minimum Gasteiger partial charge on any atom is -0.480 e. The van der Waals surface area contributed by atoms with Crippen LogP contribution in [0.4, 0.5) is 0 Å². The van der Waals surface area contributed by atoms with Crippen molar-refractivity contribution in [1.29, 1.82) is 0 Å². The lowest BCUT2D eigenvalue weighted by Gasteiger charge is -2.18. The highest BCUT2D eigenvalue weighted by Crippen LogP contribution is 2.15. The van der Waals surface area contributed by atoms with Crippen LogP contribution in [0, 0.1) is 5.92 Å². The highest BCUT2D eigenvalue weighted by molar-refractivity contribution is 5.73. The predicted molar refractivity (Wildman–Crippen MR) is 59.5 cm³/mol. The van der Waals surface area contributed by atoms with Crippen LogP contribution in [0.15, 0.2) is 30.3 Å². The van der Waals surface area contributed by atoms with Gasteiger partial charge in [0.15, 0.2) is 0 Å². The second-order valence-corrected chi connectivity index (χ2v) is 3.72. The summed E-state index contributed by atoms with van der Waals surface area (Å²) in [6.45, 7) is 1.97. The van der Waals surface area contributed by atoms with Crippen molar-refractivity contribution in [3.8, 4) is 0 Å². The first-order valence-electron chi connectivity index (χ1n) is 5.17. The zero-order valence-electron chi connectivity index (χ0n) is 8.89. The summed E-state index contributed by atoms with van der Waals surface area (Å²) in [5.74, 6) is -0.914. The van der Waals surface area contributed by atoms with Gasteiger partial charge in [0.25, 0.3) is 0 Å². The van der Waals surface area contributed by atoms with E-state index < -0.39 is 12.0 Å². The van der Waals surface area contributed by atoms with Crippen LogP contribution in [0.2, 0.25) is 0 Å². The maximum absolute atomic E-state index is 10.8. The van der Waals surface area contributed by atoms with Crippen LogP contribution in [0.3, 0.4) is 0 Å². The Balaban J connectivity index is 2.66. The number of benzene rings is 1. The van der Waals surface area contributed by atoms with E-state index in [9.17, 15) is 4.79 Å². The van der Waals surface area contributed by atoms with Crippen LogP contribution in [-0.2, 0) is 11.2 Å². The molecule has 0 aliphatic rings. The standard InChI is InChI=1S/C12H17NO2/c1-2-10(11(13)12(14)15)8-9-6-4-3-5-7-9/h3-7,10-11H,2,8,13H2,1H3,(H,14,15)/t10?,11-/m1/s1. The van der Waals surface area contributed by atoms with Gasteiger partial charge in [0.05, 0.1) is 0 Å². The van der Waals surface area contributed by atoms with Gasteiger partial charge < -0.3 is 10.8 Å². The molecule has 3 N–H and O–H groups in total. The van der Waals surface area contributed by atoms with Crippen molar-refractivity contribution < 1.29 is 9.90 Å². The molecule has 0 saturated carbocycles. The van der Waals surface area contributed by atoms with Crippen molar-refractivity contribution in [3.05, 3.63) is 35.9 Å². The molecule has 15 heavy (non-hydrogen) atoms. The number of carboxylic acid groups (broad SMARTS) is 1. The molecular formula is C12H17NO2. The van der Waals surface area contributed by atoms with Crippen molar-refractivity contribution in [2.24, 2.45) is 11.7 Å². The third kappa shape index (κ3) is 3.36. The normalized spacial score (nSPS) is 14.5. The lowest BCUT2D eigenvalue weighted by atomic mass is 9.90. The molecule has 1 rings (SSSR count). The van der Waals surface area contributed by atoms with Crippen LogP contribution >= 0.6 is 0 Å². The maximum atomic E-state index is 10.8. The number of carboxylic acids is 1. The van der Waals surface area contributed by atoms with Gasteiger partial charge in [0, 0.05) is 0 Å². The van der Waals surface area contributed by atoms with Gasteiger partial charge in [-0.3, -0.25) is 4.79 Å². The fourth-order valence-corrected chi connectivity index (χ4v) is 1.64. The maximum Gasteiger partial charge on any atom is 0.320 e. The summed E-state index contributed by atoms with van der Waals surface area (Å²) in [5.41, 5.74) is 6.76. The van der Waals surface area contributed by atoms with Crippen molar-refractivity contribution in [1.82, 2.24) is 0 Å². The van der Waals surface area contributed by atoms with Crippen molar-refractivity contribution in [2.45, 2.75) is 25.8 Å². The van der Waals surface area contributed by atoms with Gasteiger partial charge >= 0.3 is 5.97 Å². The molecule has 0 amide bonds. The van der Waals surface area contributed by atoms with Gasteiger partial charge in [0.2, 0.25) is 0 Å². The zero-order valence-corrected chi connectivity index (χ0v) is 8.89. The Morgan fingerprint density at radius 3 is 2.47 bits per heavy atom. The molecule has 3 heteroatoms. The van der Waals surface area contributed by atoms with Crippen molar-refractivity contribution in [2.75, 3.05) is 0 Å². The average Bonchev–Trinajstić information content (AvgIpc) is 2.26. The molecule has 0 aromatic heterocycles. The van der Waals surface area contributed by atoms with Gasteiger partial charge in [0.1, 0.15) is 6.04 Å². The summed E-state index contributed by atoms with van der Waals surface area (Å²) in [5, 5.41) is 8.84. The Kier molecular flexibility index (Phi) is 4.31. The van der Waals surface area contributed by atoms with Gasteiger partial charge in [-0.15, -0.1) is 0 Å². The Bertz CT molecular complexity index is 311. The topological polar surface area (TPSA) is 63.3 Å². The lowest BCUT2D eigenvalue weighted by molar-refractivity contribution is -0.139. The van der Waals surface area contributed by atoms with Crippen molar-refractivity contribution in [3.63, 3.8) is 0 Å². The minimum atomic E-state index is -0.919. The molecule has 0 saturated heterocycles. The molecule has 0 aliphatic carbocycles. The van der Waals surface area contributed by atoms with Crippen molar-refractivity contribution >= 4 is 5.97 Å². The molecular weight excluding hydrogens is 190 g/mol. The van der Waals surface area contributed by atoms with E-state index in [0.29, 0.717) is 0 Å². The van der Waals surface area contributed by atoms with E-state index in [0.717, 1.165) is 18.4 Å². The molecule has 1 aromatic carbocycles. The van der Waals surface area contributed by atoms with Gasteiger partial charge in [-0.05, 0) is 17.9 Å². The van der Waals surface area contributed by atoms with E-state index in [1.54, 1.807) is 0 Å². The Hall–Kier alpha value is -1.35. The van der Waals surface area contributed by atoms with E-state index in [2.05, 4.69) is 0 Å². The van der Waals surface area contributed by atoms with Gasteiger partial charge in [-0.1, -0.05) is 43.7 Å². The Morgan fingerprint density at radius 2 is 2.00 bits per heavy atom. The second kappa shape index (κ2) is 5.51. The third-order valence-corrected chi connectivity index (χ3v) is 2.66. The van der Waals surface area contributed by atoms with E-state index in [-0.39, 0.29) is 5.92 Å². The molecule has 1 aromatic rings. The number of hydrogen-bond acceptors (Lipinski definition) is 2. The van der Waals surface area contributed by atoms with Crippen LogP contribution in [0.1, 0.15) is 18.9 Å². The highest BCUT2D eigenvalue weighted by atomic mass is 16.4. The molecule has 0 bridgehead atoms. The first kappa shape index (κ1) is 11.7. The molecule has 0 aliphatic heterocycles. The number of hydrogen-bond donors (Lipinski definition) is 2. The smallest absolute Gasteiger partial charge is 0.320 e. The predicted octanol–water partition coefficient (Wildman–Crippen LogP) is 1.67. The van der Waals surface area contributed by atoms with E-state index >= 15 is 0 Å². The molecule has 0 radical (unpaired) electrons.